The Morgan fingerprint density at radius 2 is 2.55 bits per heavy atom. The summed E-state index contributed by atoms with van der Waals surface area (Å²) in [5, 5.41) is 2.78. The van der Waals surface area contributed by atoms with Crippen LogP contribution in [0.4, 0.5) is 0 Å². The second-order valence-electron chi connectivity index (χ2n) is 2.76. The van der Waals surface area contributed by atoms with Gasteiger partial charge >= 0.3 is 0 Å². The fraction of sp³-hybridized carbons (Fsp3) is 0.375. The lowest BCUT2D eigenvalue weighted by molar-refractivity contribution is -0.119. The Hall–Kier alpha value is -1.25. The Labute approximate surface area is 64.4 Å². The summed E-state index contributed by atoms with van der Waals surface area (Å²) in [6, 6.07) is 1.91. The second kappa shape index (κ2) is 2.42. The van der Waals surface area contributed by atoms with Crippen molar-refractivity contribution >= 4 is 5.91 Å². The van der Waals surface area contributed by atoms with Gasteiger partial charge in [0.15, 0.2) is 0 Å². The minimum atomic E-state index is 0.135. The van der Waals surface area contributed by atoms with E-state index >= 15 is 0 Å². The van der Waals surface area contributed by atoms with E-state index in [1.54, 1.807) is 12.5 Å². The van der Waals surface area contributed by atoms with E-state index in [-0.39, 0.29) is 5.91 Å². The van der Waals surface area contributed by atoms with Gasteiger partial charge < -0.3 is 9.73 Å². The summed E-state index contributed by atoms with van der Waals surface area (Å²) in [7, 11) is 0. The van der Waals surface area contributed by atoms with E-state index in [9.17, 15) is 4.79 Å². The number of furan rings is 1. The Kier molecular flexibility index (Phi) is 1.42. The largest absolute Gasteiger partial charge is 0.472 e. The van der Waals surface area contributed by atoms with Crippen LogP contribution in [0.2, 0.25) is 0 Å². The van der Waals surface area contributed by atoms with E-state index in [1.165, 1.54) is 0 Å². The Morgan fingerprint density at radius 3 is 3.09 bits per heavy atom. The standard InChI is InChI=1S/C8H9NO2/c10-8-3-7(4-9-8)6-1-2-11-5-6/h1-2,5,7H,3-4H2,(H,9,10). The SMILES string of the molecule is O=C1CC(c2ccoc2)CN1. The molecule has 0 radical (unpaired) electrons. The zero-order valence-electron chi connectivity index (χ0n) is 6.04. The third-order valence-corrected chi connectivity index (χ3v) is 1.99. The van der Waals surface area contributed by atoms with E-state index in [0.29, 0.717) is 12.3 Å². The number of amides is 1. The van der Waals surface area contributed by atoms with E-state index in [0.717, 1.165) is 12.1 Å². The smallest absolute Gasteiger partial charge is 0.220 e. The van der Waals surface area contributed by atoms with Crippen molar-refractivity contribution in [3.05, 3.63) is 24.2 Å². The average molecular weight is 151 g/mol. The van der Waals surface area contributed by atoms with Crippen LogP contribution >= 0.6 is 0 Å². The number of carbonyl (C=O) groups is 1. The molecule has 3 nitrogen and oxygen atoms in total. The van der Waals surface area contributed by atoms with Gasteiger partial charge in [-0.2, -0.15) is 0 Å². The predicted octanol–water partition coefficient (Wildman–Crippen LogP) is 0.883. The Bertz CT molecular complexity index is 253. The van der Waals surface area contributed by atoms with Crippen molar-refractivity contribution in [1.82, 2.24) is 5.32 Å². The van der Waals surface area contributed by atoms with Crippen molar-refractivity contribution in [2.45, 2.75) is 12.3 Å². The molecule has 1 aliphatic rings. The second-order valence-corrected chi connectivity index (χ2v) is 2.76. The fourth-order valence-corrected chi connectivity index (χ4v) is 1.35. The van der Waals surface area contributed by atoms with Gasteiger partial charge in [0.1, 0.15) is 0 Å². The molecule has 0 aromatic carbocycles. The fourth-order valence-electron chi connectivity index (χ4n) is 1.35. The molecule has 0 saturated carbocycles. The molecular weight excluding hydrogens is 142 g/mol. The monoisotopic (exact) mass is 151 g/mol. The van der Waals surface area contributed by atoms with Gasteiger partial charge in [0.05, 0.1) is 12.5 Å². The van der Waals surface area contributed by atoms with Crippen molar-refractivity contribution in [2.24, 2.45) is 0 Å². The van der Waals surface area contributed by atoms with Crippen molar-refractivity contribution in [3.63, 3.8) is 0 Å². The molecule has 1 fully saturated rings. The Balaban J connectivity index is 2.13. The summed E-state index contributed by atoms with van der Waals surface area (Å²) < 4.78 is 4.92. The van der Waals surface area contributed by atoms with E-state index in [2.05, 4.69) is 5.32 Å². The van der Waals surface area contributed by atoms with E-state index < -0.39 is 0 Å². The van der Waals surface area contributed by atoms with Gasteiger partial charge in [-0.3, -0.25) is 4.79 Å². The van der Waals surface area contributed by atoms with Crippen LogP contribution in [0.25, 0.3) is 0 Å². The molecule has 1 aromatic rings. The Morgan fingerprint density at radius 1 is 1.64 bits per heavy atom. The van der Waals surface area contributed by atoms with Crippen LogP contribution in [0.5, 0.6) is 0 Å². The molecule has 58 valence electrons. The average Bonchev–Trinajstić information content (AvgIpc) is 2.55. The van der Waals surface area contributed by atoms with Gasteiger partial charge in [-0.25, -0.2) is 0 Å². The summed E-state index contributed by atoms with van der Waals surface area (Å²) in [6.45, 7) is 0.748. The molecule has 1 aliphatic heterocycles. The molecule has 0 aliphatic carbocycles. The van der Waals surface area contributed by atoms with Crippen molar-refractivity contribution < 1.29 is 9.21 Å². The van der Waals surface area contributed by atoms with Gasteiger partial charge in [-0.15, -0.1) is 0 Å². The van der Waals surface area contributed by atoms with Crippen LogP contribution in [0.15, 0.2) is 23.0 Å². The number of hydrogen-bond acceptors (Lipinski definition) is 2. The molecule has 3 heteroatoms. The van der Waals surface area contributed by atoms with Gasteiger partial charge in [0.25, 0.3) is 0 Å². The van der Waals surface area contributed by atoms with Crippen LogP contribution in [-0.2, 0) is 4.79 Å². The van der Waals surface area contributed by atoms with Gasteiger partial charge in [0.2, 0.25) is 5.91 Å². The van der Waals surface area contributed by atoms with Crippen molar-refractivity contribution in [3.8, 4) is 0 Å². The topological polar surface area (TPSA) is 42.2 Å². The maximum atomic E-state index is 10.8. The first-order chi connectivity index (χ1) is 5.36. The molecule has 11 heavy (non-hydrogen) atoms. The number of hydrogen-bond donors (Lipinski definition) is 1. The highest BCUT2D eigenvalue weighted by Gasteiger charge is 2.23. The molecule has 1 atom stereocenters. The lowest BCUT2D eigenvalue weighted by atomic mass is 10.0. The molecule has 2 rings (SSSR count). The molecule has 1 amide bonds. The number of rotatable bonds is 1. The molecule has 0 spiro atoms. The summed E-state index contributed by atoms with van der Waals surface area (Å²) in [4.78, 5) is 10.8. The van der Waals surface area contributed by atoms with Crippen molar-refractivity contribution in [2.75, 3.05) is 6.54 Å². The lowest BCUT2D eigenvalue weighted by Gasteiger charge is -2.00. The van der Waals surface area contributed by atoms with E-state index in [1.807, 2.05) is 6.07 Å². The minimum Gasteiger partial charge on any atom is -0.472 e. The first-order valence-corrected chi connectivity index (χ1v) is 3.65. The summed E-state index contributed by atoms with van der Waals surface area (Å²) in [5.74, 6) is 0.456. The van der Waals surface area contributed by atoms with Crippen LogP contribution < -0.4 is 5.32 Å². The highest BCUT2D eigenvalue weighted by molar-refractivity contribution is 5.79. The summed E-state index contributed by atoms with van der Waals surface area (Å²) >= 11 is 0. The zero-order valence-corrected chi connectivity index (χ0v) is 6.04. The third-order valence-electron chi connectivity index (χ3n) is 1.99. The molecule has 0 bridgehead atoms. The normalized spacial score (nSPS) is 23.6. The van der Waals surface area contributed by atoms with Gasteiger partial charge in [0, 0.05) is 18.9 Å². The summed E-state index contributed by atoms with van der Waals surface area (Å²) in [5.41, 5.74) is 1.11. The van der Waals surface area contributed by atoms with E-state index in [4.69, 9.17) is 4.42 Å². The molecule has 2 heterocycles. The minimum absolute atomic E-state index is 0.135. The quantitative estimate of drug-likeness (QED) is 0.647. The van der Waals surface area contributed by atoms with Gasteiger partial charge in [-0.1, -0.05) is 0 Å². The van der Waals surface area contributed by atoms with Crippen LogP contribution in [0, 0.1) is 0 Å². The highest BCUT2D eigenvalue weighted by Crippen LogP contribution is 2.22. The third kappa shape index (κ3) is 1.13. The number of nitrogens with one attached hydrogen (secondary N) is 1. The van der Waals surface area contributed by atoms with Crippen LogP contribution in [-0.4, -0.2) is 12.5 Å². The molecular formula is C8H9NO2. The molecule has 1 aromatic heterocycles. The van der Waals surface area contributed by atoms with Crippen LogP contribution in [0.1, 0.15) is 17.9 Å². The molecule has 1 saturated heterocycles. The van der Waals surface area contributed by atoms with Gasteiger partial charge in [-0.05, 0) is 11.6 Å². The summed E-state index contributed by atoms with van der Waals surface area (Å²) in [6.07, 6.45) is 3.93. The van der Waals surface area contributed by atoms with Crippen LogP contribution in [0.3, 0.4) is 0 Å². The predicted molar refractivity (Wildman–Crippen MR) is 39.1 cm³/mol. The van der Waals surface area contributed by atoms with Crippen molar-refractivity contribution in [1.29, 1.82) is 0 Å². The molecule has 1 unspecified atom stereocenters. The highest BCUT2D eigenvalue weighted by atomic mass is 16.3. The number of carbonyl (C=O) groups excluding carboxylic acids is 1. The molecule has 1 N–H and O–H groups in total. The maximum absolute atomic E-state index is 10.8. The maximum Gasteiger partial charge on any atom is 0.220 e. The lowest BCUT2D eigenvalue weighted by Crippen LogP contribution is -2.13. The first-order valence-electron chi connectivity index (χ1n) is 3.65. The zero-order chi connectivity index (χ0) is 7.68. The first kappa shape index (κ1) is 6.46.